The van der Waals surface area contributed by atoms with Crippen molar-refractivity contribution in [3.05, 3.63) is 28.8 Å². The highest BCUT2D eigenvalue weighted by molar-refractivity contribution is 7.41. The van der Waals surface area contributed by atoms with Crippen LogP contribution in [0.2, 0.25) is 5.02 Å². The van der Waals surface area contributed by atoms with E-state index in [4.69, 9.17) is 16.1 Å². The van der Waals surface area contributed by atoms with Crippen LogP contribution in [0.5, 0.6) is 0 Å². The van der Waals surface area contributed by atoms with E-state index < -0.39 is 8.18 Å². The van der Waals surface area contributed by atoms with Gasteiger partial charge in [-0.1, -0.05) is 38.4 Å². The van der Waals surface area contributed by atoms with Gasteiger partial charge < -0.3 is 9.19 Å². The molecule has 1 aromatic rings. The van der Waals surface area contributed by atoms with Crippen LogP contribution in [-0.2, 0) is 14.5 Å². The predicted octanol–water partition coefficient (Wildman–Crippen LogP) is 4.11. The Labute approximate surface area is 109 Å². The molecule has 1 aromatic carbocycles. The summed E-state index contributed by atoms with van der Waals surface area (Å²) >= 11 is 6.21. The van der Waals surface area contributed by atoms with Crippen LogP contribution in [0.4, 0.5) is 5.69 Å². The number of nitrogens with zero attached hydrogens (tertiary/aromatic N) is 1. The molecular formula is C12H19ClNO2P. The second-order valence-corrected chi connectivity index (χ2v) is 6.96. The zero-order valence-corrected chi connectivity index (χ0v) is 12.6. The highest BCUT2D eigenvalue weighted by Gasteiger charge is 2.17. The van der Waals surface area contributed by atoms with Crippen molar-refractivity contribution >= 4 is 25.5 Å². The summed E-state index contributed by atoms with van der Waals surface area (Å²) in [6.45, 7) is 6.38. The molecule has 5 heteroatoms. The number of benzene rings is 1. The van der Waals surface area contributed by atoms with Crippen LogP contribution in [0.25, 0.3) is 0 Å². The monoisotopic (exact) mass is 275 g/mol. The summed E-state index contributed by atoms with van der Waals surface area (Å²) in [5.41, 5.74) is 1.93. The van der Waals surface area contributed by atoms with Crippen molar-refractivity contribution in [1.29, 1.82) is 0 Å². The van der Waals surface area contributed by atoms with E-state index in [9.17, 15) is 4.57 Å². The fraction of sp³-hybridized carbons (Fsp3) is 0.500. The quantitative estimate of drug-likeness (QED) is 0.778. The summed E-state index contributed by atoms with van der Waals surface area (Å²) in [6.07, 6.45) is 0. The molecule has 0 amide bonds. The summed E-state index contributed by atoms with van der Waals surface area (Å²) in [4.78, 5) is 0. The maximum Gasteiger partial charge on any atom is 0.284 e. The van der Waals surface area contributed by atoms with Gasteiger partial charge in [0.1, 0.15) is 0 Å². The molecule has 1 rings (SSSR count). The summed E-state index contributed by atoms with van der Waals surface area (Å²) < 4.78 is 18.0. The summed E-state index contributed by atoms with van der Waals surface area (Å²) in [7, 11) is 0.907. The first-order valence-electron chi connectivity index (χ1n) is 5.39. The molecule has 0 spiro atoms. The third-order valence-electron chi connectivity index (χ3n) is 2.62. The molecule has 0 aliphatic rings. The van der Waals surface area contributed by atoms with E-state index in [-0.39, 0.29) is 5.41 Å². The van der Waals surface area contributed by atoms with Crippen LogP contribution in [0, 0.1) is 0 Å². The summed E-state index contributed by atoms with van der Waals surface area (Å²) in [6, 6.07) is 5.80. The molecule has 0 saturated carbocycles. The maximum absolute atomic E-state index is 11.6. The largest absolute Gasteiger partial charge is 0.319 e. The van der Waals surface area contributed by atoms with E-state index in [1.807, 2.05) is 18.2 Å². The van der Waals surface area contributed by atoms with Crippen LogP contribution in [-0.4, -0.2) is 14.2 Å². The average Bonchev–Trinajstić information content (AvgIpc) is 2.25. The van der Waals surface area contributed by atoms with Gasteiger partial charge >= 0.3 is 0 Å². The number of hydrogen-bond acceptors (Lipinski definition) is 2. The molecule has 0 bridgehead atoms. The molecular weight excluding hydrogens is 257 g/mol. The van der Waals surface area contributed by atoms with Gasteiger partial charge in [0.25, 0.3) is 8.18 Å². The fourth-order valence-corrected chi connectivity index (χ4v) is 2.52. The van der Waals surface area contributed by atoms with Crippen molar-refractivity contribution < 1.29 is 9.09 Å². The third-order valence-corrected chi connectivity index (χ3v) is 4.06. The molecule has 0 aromatic heterocycles. The van der Waals surface area contributed by atoms with E-state index in [1.165, 1.54) is 7.11 Å². The predicted molar refractivity (Wildman–Crippen MR) is 74.6 cm³/mol. The number of anilines is 1. The van der Waals surface area contributed by atoms with Crippen molar-refractivity contribution in [3.63, 3.8) is 0 Å². The van der Waals surface area contributed by atoms with E-state index in [0.29, 0.717) is 5.02 Å². The van der Waals surface area contributed by atoms with Crippen molar-refractivity contribution in [3.8, 4) is 0 Å². The first kappa shape index (κ1) is 14.6. The maximum atomic E-state index is 11.6. The molecule has 0 N–H and O–H groups in total. The lowest BCUT2D eigenvalue weighted by Crippen LogP contribution is -2.12. The molecule has 3 nitrogen and oxygen atoms in total. The highest BCUT2D eigenvalue weighted by atomic mass is 35.5. The Morgan fingerprint density at radius 3 is 2.35 bits per heavy atom. The van der Waals surface area contributed by atoms with Crippen LogP contribution >= 0.6 is 19.8 Å². The topological polar surface area (TPSA) is 29.5 Å². The minimum absolute atomic E-state index is 0.0489. The van der Waals surface area contributed by atoms with Crippen LogP contribution in [0.3, 0.4) is 0 Å². The summed E-state index contributed by atoms with van der Waals surface area (Å²) in [5, 5.41) is 0.593. The molecule has 0 heterocycles. The molecule has 17 heavy (non-hydrogen) atoms. The Bertz CT molecular complexity index is 429. The highest BCUT2D eigenvalue weighted by Crippen LogP contribution is 2.38. The van der Waals surface area contributed by atoms with Crippen molar-refractivity contribution in [2.75, 3.05) is 18.8 Å². The Balaban J connectivity index is 3.10. The number of rotatable bonds is 3. The SMILES string of the molecule is CO[PH](=O)N(C)c1ccc(C(C)(C)C)cc1Cl. The lowest BCUT2D eigenvalue weighted by atomic mass is 9.87. The van der Waals surface area contributed by atoms with Crippen LogP contribution < -0.4 is 4.67 Å². The first-order valence-corrected chi connectivity index (χ1v) is 7.03. The van der Waals surface area contributed by atoms with Gasteiger partial charge in [-0.05, 0) is 23.1 Å². The Morgan fingerprint density at radius 1 is 1.35 bits per heavy atom. The molecule has 0 radical (unpaired) electrons. The Hall–Kier alpha value is -0.500. The van der Waals surface area contributed by atoms with E-state index in [1.54, 1.807) is 11.7 Å². The smallest absolute Gasteiger partial charge is 0.284 e. The normalized spacial score (nSPS) is 13.5. The lowest BCUT2D eigenvalue weighted by molar-refractivity contribution is 0.413. The van der Waals surface area contributed by atoms with Crippen molar-refractivity contribution in [2.24, 2.45) is 0 Å². The molecule has 0 aliphatic heterocycles. The van der Waals surface area contributed by atoms with Crippen LogP contribution in [0.15, 0.2) is 18.2 Å². The Kier molecular flexibility index (Phi) is 4.65. The van der Waals surface area contributed by atoms with Gasteiger partial charge in [0.15, 0.2) is 0 Å². The zero-order valence-electron chi connectivity index (χ0n) is 10.9. The van der Waals surface area contributed by atoms with Gasteiger partial charge in [-0.15, -0.1) is 0 Å². The van der Waals surface area contributed by atoms with E-state index >= 15 is 0 Å². The zero-order chi connectivity index (χ0) is 13.2. The molecule has 1 atom stereocenters. The molecule has 96 valence electrons. The standard InChI is InChI=1S/C12H19ClNO2P/c1-12(2,3)9-6-7-11(10(13)8-9)14(4)17(15)16-5/h6-8,17H,1-5H3. The molecule has 0 fully saturated rings. The Morgan fingerprint density at radius 2 is 1.94 bits per heavy atom. The van der Waals surface area contributed by atoms with Crippen molar-refractivity contribution in [1.82, 2.24) is 0 Å². The second-order valence-electron chi connectivity index (χ2n) is 4.95. The van der Waals surface area contributed by atoms with E-state index in [2.05, 4.69) is 20.8 Å². The van der Waals surface area contributed by atoms with Crippen LogP contribution in [0.1, 0.15) is 26.3 Å². The number of halogens is 1. The number of hydrogen-bond donors (Lipinski definition) is 0. The van der Waals surface area contributed by atoms with Gasteiger partial charge in [-0.25, -0.2) is 0 Å². The second kappa shape index (κ2) is 5.43. The lowest BCUT2D eigenvalue weighted by Gasteiger charge is -2.23. The first-order chi connectivity index (χ1) is 7.77. The van der Waals surface area contributed by atoms with Gasteiger partial charge in [-0.2, -0.15) is 0 Å². The average molecular weight is 276 g/mol. The van der Waals surface area contributed by atoms with Gasteiger partial charge in [0.05, 0.1) is 10.7 Å². The van der Waals surface area contributed by atoms with Gasteiger partial charge in [0, 0.05) is 14.2 Å². The fourth-order valence-electron chi connectivity index (χ4n) is 1.48. The van der Waals surface area contributed by atoms with Gasteiger partial charge in [-0.3, -0.25) is 4.57 Å². The summed E-state index contributed by atoms with van der Waals surface area (Å²) in [5.74, 6) is 0. The molecule has 0 aliphatic carbocycles. The molecule has 0 saturated heterocycles. The third kappa shape index (κ3) is 3.48. The van der Waals surface area contributed by atoms with E-state index in [0.717, 1.165) is 11.3 Å². The van der Waals surface area contributed by atoms with Gasteiger partial charge in [0.2, 0.25) is 0 Å². The van der Waals surface area contributed by atoms with Crippen molar-refractivity contribution in [2.45, 2.75) is 26.2 Å². The minimum atomic E-state index is -2.23. The molecule has 1 unspecified atom stereocenters. The minimum Gasteiger partial charge on any atom is -0.319 e.